The van der Waals surface area contributed by atoms with E-state index in [1.807, 2.05) is 0 Å². The van der Waals surface area contributed by atoms with Gasteiger partial charge in [0.1, 0.15) is 0 Å². The molecule has 0 aliphatic carbocycles. The standard InChI is InChI=1S/C10H18N4O/c1-8(2)11-6-7-13-10-12-5-4-9(14-10)15-3/h4-5,8,11H,6-7H2,1-3H3,(H,12,13,14). The molecule has 5 heteroatoms. The summed E-state index contributed by atoms with van der Waals surface area (Å²) in [6.45, 7) is 5.91. The van der Waals surface area contributed by atoms with Gasteiger partial charge in [0.15, 0.2) is 0 Å². The van der Waals surface area contributed by atoms with Gasteiger partial charge in [0.25, 0.3) is 0 Å². The third-order valence-corrected chi connectivity index (χ3v) is 1.80. The van der Waals surface area contributed by atoms with Crippen molar-refractivity contribution in [1.82, 2.24) is 15.3 Å². The lowest BCUT2D eigenvalue weighted by molar-refractivity contribution is 0.397. The highest BCUT2D eigenvalue weighted by molar-refractivity contribution is 5.27. The molecular formula is C10H18N4O. The number of nitrogens with zero attached hydrogens (tertiary/aromatic N) is 2. The van der Waals surface area contributed by atoms with Gasteiger partial charge >= 0.3 is 0 Å². The second kappa shape index (κ2) is 6.19. The Balaban J connectivity index is 2.30. The van der Waals surface area contributed by atoms with Crippen molar-refractivity contribution >= 4 is 5.95 Å². The highest BCUT2D eigenvalue weighted by atomic mass is 16.5. The van der Waals surface area contributed by atoms with E-state index in [9.17, 15) is 0 Å². The van der Waals surface area contributed by atoms with Crippen LogP contribution in [0.4, 0.5) is 5.95 Å². The zero-order valence-corrected chi connectivity index (χ0v) is 9.45. The van der Waals surface area contributed by atoms with Crippen molar-refractivity contribution in [3.8, 4) is 5.88 Å². The van der Waals surface area contributed by atoms with E-state index in [2.05, 4.69) is 34.4 Å². The van der Waals surface area contributed by atoms with E-state index < -0.39 is 0 Å². The Kier molecular flexibility index (Phi) is 4.83. The first-order valence-corrected chi connectivity index (χ1v) is 5.06. The van der Waals surface area contributed by atoms with Gasteiger partial charge < -0.3 is 15.4 Å². The fourth-order valence-electron chi connectivity index (χ4n) is 1.08. The molecule has 0 saturated carbocycles. The molecule has 0 amide bonds. The molecule has 0 saturated heterocycles. The lowest BCUT2D eigenvalue weighted by Crippen LogP contribution is -2.28. The molecule has 84 valence electrons. The summed E-state index contributed by atoms with van der Waals surface area (Å²) < 4.78 is 4.99. The summed E-state index contributed by atoms with van der Waals surface area (Å²) in [5.74, 6) is 1.17. The third kappa shape index (κ3) is 4.60. The van der Waals surface area contributed by atoms with E-state index in [-0.39, 0.29) is 0 Å². The average molecular weight is 210 g/mol. The summed E-state index contributed by atoms with van der Waals surface area (Å²) in [5, 5.41) is 6.41. The first-order chi connectivity index (χ1) is 7.22. The molecule has 15 heavy (non-hydrogen) atoms. The van der Waals surface area contributed by atoms with Crippen molar-refractivity contribution < 1.29 is 4.74 Å². The van der Waals surface area contributed by atoms with E-state index in [1.165, 1.54) is 0 Å². The second-order valence-electron chi connectivity index (χ2n) is 3.46. The Bertz CT molecular complexity index is 291. The van der Waals surface area contributed by atoms with Crippen LogP contribution in [0.3, 0.4) is 0 Å². The van der Waals surface area contributed by atoms with Crippen molar-refractivity contribution in [1.29, 1.82) is 0 Å². The van der Waals surface area contributed by atoms with Gasteiger partial charge in [0.2, 0.25) is 11.8 Å². The maximum Gasteiger partial charge on any atom is 0.225 e. The van der Waals surface area contributed by atoms with Gasteiger partial charge in [-0.25, -0.2) is 4.98 Å². The van der Waals surface area contributed by atoms with Crippen molar-refractivity contribution in [3.63, 3.8) is 0 Å². The monoisotopic (exact) mass is 210 g/mol. The molecule has 0 atom stereocenters. The van der Waals surface area contributed by atoms with Crippen LogP contribution in [0.1, 0.15) is 13.8 Å². The lowest BCUT2D eigenvalue weighted by atomic mass is 10.4. The normalized spacial score (nSPS) is 10.4. The molecule has 1 aromatic rings. The molecule has 0 radical (unpaired) electrons. The Hall–Kier alpha value is -1.36. The van der Waals surface area contributed by atoms with Crippen LogP contribution >= 0.6 is 0 Å². The zero-order chi connectivity index (χ0) is 11.1. The minimum atomic E-state index is 0.498. The van der Waals surface area contributed by atoms with Gasteiger partial charge in [-0.05, 0) is 0 Å². The van der Waals surface area contributed by atoms with Gasteiger partial charge in [-0.1, -0.05) is 13.8 Å². The van der Waals surface area contributed by atoms with Gasteiger partial charge in [-0.3, -0.25) is 0 Å². The number of nitrogens with one attached hydrogen (secondary N) is 2. The summed E-state index contributed by atoms with van der Waals surface area (Å²) in [6.07, 6.45) is 1.67. The van der Waals surface area contributed by atoms with Crippen LogP contribution < -0.4 is 15.4 Å². The van der Waals surface area contributed by atoms with Crippen LogP contribution in [-0.4, -0.2) is 36.2 Å². The first kappa shape index (κ1) is 11.7. The predicted octanol–water partition coefficient (Wildman–Crippen LogP) is 0.895. The number of hydrogen-bond donors (Lipinski definition) is 2. The number of anilines is 1. The Morgan fingerprint density at radius 2 is 2.20 bits per heavy atom. The molecule has 1 aromatic heterocycles. The van der Waals surface area contributed by atoms with Crippen LogP contribution in [0.5, 0.6) is 5.88 Å². The molecule has 0 aromatic carbocycles. The third-order valence-electron chi connectivity index (χ3n) is 1.80. The van der Waals surface area contributed by atoms with Gasteiger partial charge in [0, 0.05) is 31.4 Å². The van der Waals surface area contributed by atoms with E-state index >= 15 is 0 Å². The molecule has 0 fully saturated rings. The van der Waals surface area contributed by atoms with E-state index in [0.717, 1.165) is 13.1 Å². The Morgan fingerprint density at radius 3 is 2.87 bits per heavy atom. The number of hydrogen-bond acceptors (Lipinski definition) is 5. The fraction of sp³-hybridized carbons (Fsp3) is 0.600. The Labute approximate surface area is 90.3 Å². The van der Waals surface area contributed by atoms with Crippen LogP contribution in [0.25, 0.3) is 0 Å². The van der Waals surface area contributed by atoms with Crippen molar-refractivity contribution in [2.45, 2.75) is 19.9 Å². The van der Waals surface area contributed by atoms with E-state index in [4.69, 9.17) is 4.74 Å². The van der Waals surface area contributed by atoms with Crippen molar-refractivity contribution in [3.05, 3.63) is 12.3 Å². The highest BCUT2D eigenvalue weighted by Gasteiger charge is 1.97. The Morgan fingerprint density at radius 1 is 1.40 bits per heavy atom. The van der Waals surface area contributed by atoms with E-state index in [0.29, 0.717) is 17.9 Å². The fourth-order valence-corrected chi connectivity index (χ4v) is 1.08. The summed E-state index contributed by atoms with van der Waals surface area (Å²) in [7, 11) is 1.59. The van der Waals surface area contributed by atoms with Gasteiger partial charge in [-0.2, -0.15) is 4.98 Å². The smallest absolute Gasteiger partial charge is 0.225 e. The summed E-state index contributed by atoms with van der Waals surface area (Å²) >= 11 is 0. The van der Waals surface area contributed by atoms with Crippen LogP contribution in [0, 0.1) is 0 Å². The molecule has 0 aliphatic heterocycles. The highest BCUT2D eigenvalue weighted by Crippen LogP contribution is 2.06. The molecule has 0 spiro atoms. The SMILES string of the molecule is COc1ccnc(NCCNC(C)C)n1. The second-order valence-corrected chi connectivity index (χ2v) is 3.46. The minimum absolute atomic E-state index is 0.498. The number of aromatic nitrogens is 2. The average Bonchev–Trinajstić information content (AvgIpc) is 2.24. The lowest BCUT2D eigenvalue weighted by Gasteiger charge is -2.09. The molecule has 0 unspecified atom stereocenters. The minimum Gasteiger partial charge on any atom is -0.481 e. The molecule has 1 rings (SSSR count). The molecular weight excluding hydrogens is 192 g/mol. The van der Waals surface area contributed by atoms with Gasteiger partial charge in [0.05, 0.1) is 7.11 Å². The number of methoxy groups -OCH3 is 1. The number of rotatable bonds is 6. The molecule has 0 bridgehead atoms. The summed E-state index contributed by atoms with van der Waals surface area (Å²) in [5.41, 5.74) is 0. The molecule has 2 N–H and O–H groups in total. The quantitative estimate of drug-likeness (QED) is 0.683. The molecule has 0 aliphatic rings. The number of ether oxygens (including phenoxy) is 1. The zero-order valence-electron chi connectivity index (χ0n) is 9.45. The first-order valence-electron chi connectivity index (χ1n) is 5.06. The molecule has 1 heterocycles. The maximum absolute atomic E-state index is 4.99. The van der Waals surface area contributed by atoms with Crippen molar-refractivity contribution in [2.75, 3.05) is 25.5 Å². The van der Waals surface area contributed by atoms with E-state index in [1.54, 1.807) is 19.4 Å². The maximum atomic E-state index is 4.99. The van der Waals surface area contributed by atoms with Crippen LogP contribution in [0.2, 0.25) is 0 Å². The molecule has 5 nitrogen and oxygen atoms in total. The topological polar surface area (TPSA) is 59.1 Å². The van der Waals surface area contributed by atoms with Gasteiger partial charge in [-0.15, -0.1) is 0 Å². The summed E-state index contributed by atoms with van der Waals surface area (Å²) in [6, 6.07) is 2.22. The van der Waals surface area contributed by atoms with Crippen LogP contribution in [-0.2, 0) is 0 Å². The predicted molar refractivity (Wildman–Crippen MR) is 60.2 cm³/mol. The largest absolute Gasteiger partial charge is 0.481 e. The summed E-state index contributed by atoms with van der Waals surface area (Å²) in [4.78, 5) is 8.21. The van der Waals surface area contributed by atoms with Crippen LogP contribution in [0.15, 0.2) is 12.3 Å². The van der Waals surface area contributed by atoms with Crippen molar-refractivity contribution in [2.24, 2.45) is 0 Å².